The van der Waals surface area contributed by atoms with Crippen LogP contribution in [0.4, 0.5) is 0 Å². The van der Waals surface area contributed by atoms with Gasteiger partial charge in [-0.3, -0.25) is 9.59 Å². The predicted octanol–water partition coefficient (Wildman–Crippen LogP) is 7.26. The Bertz CT molecular complexity index is 1820. The maximum absolute atomic E-state index is 13.7. The number of nitrogens with one attached hydrogen (secondary N) is 2. The van der Waals surface area contributed by atoms with E-state index in [4.69, 9.17) is 0 Å². The standard InChI is InChI=1S/C36H34N2O6/c39-33(37-19-7-3-1-4-8-19)25-15-11-21-24-14-18-28(36(43)44)32-26(34(40)38-20-9-5-2-6-10-20)16-12-22(30(24)32)23-13-17-27(35(41)42)31(25)29(21)23/h11-20H,1-10H2,(H,37,39)(H,38,40)(H,41,42)(H,43,44). The number of benzene rings is 5. The van der Waals surface area contributed by atoms with Gasteiger partial charge in [0.1, 0.15) is 0 Å². The number of carbonyl (C=O) groups excluding carboxylic acids is 2. The van der Waals surface area contributed by atoms with Gasteiger partial charge in [0.15, 0.2) is 0 Å². The van der Waals surface area contributed by atoms with Crippen molar-refractivity contribution in [3.8, 4) is 0 Å². The average molecular weight is 591 g/mol. The molecular weight excluding hydrogens is 556 g/mol. The molecule has 7 rings (SSSR count). The third-order valence-corrected chi connectivity index (χ3v) is 9.73. The van der Waals surface area contributed by atoms with E-state index < -0.39 is 11.9 Å². The van der Waals surface area contributed by atoms with Crippen LogP contribution in [0.3, 0.4) is 0 Å². The van der Waals surface area contributed by atoms with Crippen molar-refractivity contribution < 1.29 is 29.4 Å². The molecule has 4 N–H and O–H groups in total. The largest absolute Gasteiger partial charge is 0.478 e. The van der Waals surface area contributed by atoms with Crippen molar-refractivity contribution in [3.05, 3.63) is 70.8 Å². The van der Waals surface area contributed by atoms with Gasteiger partial charge in [0.2, 0.25) is 0 Å². The Kier molecular flexibility index (Phi) is 7.07. The molecule has 2 amide bonds. The van der Waals surface area contributed by atoms with Gasteiger partial charge in [-0.05, 0) is 82.3 Å². The fraction of sp³-hybridized carbons (Fsp3) is 0.333. The quantitative estimate of drug-likeness (QED) is 0.122. The minimum Gasteiger partial charge on any atom is -0.478 e. The first-order valence-electron chi connectivity index (χ1n) is 15.6. The first kappa shape index (κ1) is 28.1. The lowest BCUT2D eigenvalue weighted by Crippen LogP contribution is -2.36. The Morgan fingerprint density at radius 3 is 1.09 bits per heavy atom. The van der Waals surface area contributed by atoms with Gasteiger partial charge in [-0.2, -0.15) is 0 Å². The van der Waals surface area contributed by atoms with Crippen LogP contribution in [-0.4, -0.2) is 46.0 Å². The van der Waals surface area contributed by atoms with E-state index in [-0.39, 0.29) is 35.0 Å². The Balaban J connectivity index is 1.48. The second kappa shape index (κ2) is 11.1. The predicted molar refractivity (Wildman–Crippen MR) is 170 cm³/mol. The van der Waals surface area contributed by atoms with Crippen molar-refractivity contribution in [2.24, 2.45) is 0 Å². The van der Waals surface area contributed by atoms with Crippen molar-refractivity contribution in [2.45, 2.75) is 76.3 Å². The highest BCUT2D eigenvalue weighted by atomic mass is 16.4. The van der Waals surface area contributed by atoms with Gasteiger partial charge in [-0.1, -0.05) is 62.8 Å². The lowest BCUT2D eigenvalue weighted by atomic mass is 9.84. The van der Waals surface area contributed by atoms with Gasteiger partial charge >= 0.3 is 11.9 Å². The van der Waals surface area contributed by atoms with Gasteiger partial charge in [-0.15, -0.1) is 0 Å². The van der Waals surface area contributed by atoms with E-state index in [9.17, 15) is 29.4 Å². The summed E-state index contributed by atoms with van der Waals surface area (Å²) in [6.07, 6.45) is 10.1. The van der Waals surface area contributed by atoms with Crippen molar-refractivity contribution >= 4 is 66.8 Å². The lowest BCUT2D eigenvalue weighted by molar-refractivity contribution is 0.0688. The molecule has 8 heteroatoms. The van der Waals surface area contributed by atoms with Crippen LogP contribution in [0.15, 0.2) is 48.5 Å². The number of carbonyl (C=O) groups is 4. The number of amides is 2. The molecule has 0 atom stereocenters. The molecule has 8 nitrogen and oxygen atoms in total. The summed E-state index contributed by atoms with van der Waals surface area (Å²) in [6.45, 7) is 0. The van der Waals surface area contributed by atoms with E-state index in [0.29, 0.717) is 54.2 Å². The topological polar surface area (TPSA) is 133 Å². The molecule has 2 aliphatic rings. The zero-order valence-electron chi connectivity index (χ0n) is 24.4. The van der Waals surface area contributed by atoms with Crippen LogP contribution in [0.1, 0.15) is 106 Å². The Hall–Kier alpha value is -4.72. The molecule has 0 bridgehead atoms. The van der Waals surface area contributed by atoms with Crippen LogP contribution in [0, 0.1) is 0 Å². The van der Waals surface area contributed by atoms with Crippen LogP contribution < -0.4 is 10.6 Å². The number of hydrogen-bond donors (Lipinski definition) is 4. The minimum atomic E-state index is -1.13. The van der Waals surface area contributed by atoms with Crippen LogP contribution >= 0.6 is 0 Å². The van der Waals surface area contributed by atoms with Gasteiger partial charge in [0, 0.05) is 34.0 Å². The monoisotopic (exact) mass is 590 g/mol. The maximum Gasteiger partial charge on any atom is 0.336 e. The second-order valence-electron chi connectivity index (χ2n) is 12.4. The van der Waals surface area contributed by atoms with E-state index in [1.807, 2.05) is 12.1 Å². The molecule has 224 valence electrons. The minimum absolute atomic E-state index is 0.0322. The van der Waals surface area contributed by atoms with E-state index in [0.717, 1.165) is 64.2 Å². The number of carboxylic acids is 2. The van der Waals surface area contributed by atoms with E-state index in [1.54, 1.807) is 24.3 Å². The summed E-state index contributed by atoms with van der Waals surface area (Å²) >= 11 is 0. The summed E-state index contributed by atoms with van der Waals surface area (Å²) in [5.41, 5.74) is 0.673. The van der Waals surface area contributed by atoms with Crippen LogP contribution in [0.5, 0.6) is 0 Å². The molecular formula is C36H34N2O6. The molecule has 5 aromatic rings. The van der Waals surface area contributed by atoms with Crippen LogP contribution in [0.25, 0.3) is 43.1 Å². The number of hydrogen-bond acceptors (Lipinski definition) is 4. The fourth-order valence-electron chi connectivity index (χ4n) is 7.64. The van der Waals surface area contributed by atoms with Gasteiger partial charge in [0.05, 0.1) is 11.1 Å². The Morgan fingerprint density at radius 1 is 0.455 bits per heavy atom. The van der Waals surface area contributed by atoms with Crippen molar-refractivity contribution in [2.75, 3.05) is 0 Å². The molecule has 2 fully saturated rings. The summed E-state index contributed by atoms with van der Waals surface area (Å²) in [6, 6.07) is 13.6. The number of rotatable bonds is 6. The molecule has 2 saturated carbocycles. The van der Waals surface area contributed by atoms with E-state index in [2.05, 4.69) is 10.6 Å². The van der Waals surface area contributed by atoms with Crippen molar-refractivity contribution in [3.63, 3.8) is 0 Å². The third-order valence-electron chi connectivity index (χ3n) is 9.73. The molecule has 0 radical (unpaired) electrons. The van der Waals surface area contributed by atoms with Crippen LogP contribution in [0.2, 0.25) is 0 Å². The van der Waals surface area contributed by atoms with Gasteiger partial charge in [-0.25, -0.2) is 9.59 Å². The summed E-state index contributed by atoms with van der Waals surface area (Å²) in [5, 5.41) is 31.5. The zero-order chi connectivity index (χ0) is 30.5. The Morgan fingerprint density at radius 2 is 0.773 bits per heavy atom. The molecule has 44 heavy (non-hydrogen) atoms. The SMILES string of the molecule is O=C(O)c1ccc2c3ccc(C(=O)NC4CCCCC4)c4c(C(=O)O)ccc(c5ccc(C(=O)NC6CCCCC6)c1c25)c43. The molecule has 0 unspecified atom stereocenters. The average Bonchev–Trinajstić information content (AvgIpc) is 3.03. The van der Waals surface area contributed by atoms with E-state index >= 15 is 0 Å². The molecule has 2 aliphatic carbocycles. The number of fused-ring (bicyclic) bond motifs is 2. The molecule has 0 aromatic heterocycles. The maximum atomic E-state index is 13.7. The summed E-state index contributed by atoms with van der Waals surface area (Å²) in [4.78, 5) is 52.3. The van der Waals surface area contributed by atoms with Gasteiger partial charge < -0.3 is 20.8 Å². The number of carboxylic acid groups (broad SMARTS) is 2. The lowest BCUT2D eigenvalue weighted by Gasteiger charge is -2.24. The van der Waals surface area contributed by atoms with Crippen molar-refractivity contribution in [1.82, 2.24) is 10.6 Å². The highest BCUT2D eigenvalue weighted by Crippen LogP contribution is 2.44. The van der Waals surface area contributed by atoms with E-state index in [1.165, 1.54) is 12.1 Å². The second-order valence-corrected chi connectivity index (χ2v) is 12.4. The van der Waals surface area contributed by atoms with Crippen molar-refractivity contribution in [1.29, 1.82) is 0 Å². The van der Waals surface area contributed by atoms with Gasteiger partial charge in [0.25, 0.3) is 11.8 Å². The zero-order valence-corrected chi connectivity index (χ0v) is 24.4. The Labute approximate surface area is 253 Å². The molecule has 0 spiro atoms. The molecule has 0 heterocycles. The molecule has 0 saturated heterocycles. The summed E-state index contributed by atoms with van der Waals surface area (Å²) < 4.78 is 0. The fourth-order valence-corrected chi connectivity index (χ4v) is 7.64. The van der Waals surface area contributed by atoms with Crippen LogP contribution in [-0.2, 0) is 0 Å². The highest BCUT2D eigenvalue weighted by molar-refractivity contribution is 6.38. The normalized spacial score (nSPS) is 16.5. The number of aromatic carboxylic acids is 2. The molecule has 0 aliphatic heterocycles. The summed E-state index contributed by atoms with van der Waals surface area (Å²) in [5.74, 6) is -2.86. The highest BCUT2D eigenvalue weighted by Gasteiger charge is 2.27. The first-order chi connectivity index (χ1) is 21.3. The summed E-state index contributed by atoms with van der Waals surface area (Å²) in [7, 11) is 0. The first-order valence-corrected chi connectivity index (χ1v) is 15.6. The third kappa shape index (κ3) is 4.60. The molecule has 5 aromatic carbocycles. The smallest absolute Gasteiger partial charge is 0.336 e.